The molecule has 0 N–H and O–H groups in total. The van der Waals surface area contributed by atoms with Crippen LogP contribution in [0.15, 0.2) is 58.9 Å². The zero-order chi connectivity index (χ0) is 19.2. The number of rotatable bonds is 6. The van der Waals surface area contributed by atoms with Gasteiger partial charge in [-0.15, -0.1) is 23.1 Å². The van der Waals surface area contributed by atoms with E-state index in [4.69, 9.17) is 4.98 Å². The molecule has 0 radical (unpaired) electrons. The van der Waals surface area contributed by atoms with Crippen LogP contribution in [0.2, 0.25) is 0 Å². The van der Waals surface area contributed by atoms with Gasteiger partial charge in [-0.05, 0) is 35.9 Å². The molecule has 3 aromatic rings. The van der Waals surface area contributed by atoms with Crippen LogP contribution in [-0.4, -0.2) is 15.3 Å². The van der Waals surface area contributed by atoms with Crippen LogP contribution in [-0.2, 0) is 0 Å². The highest BCUT2D eigenvalue weighted by Gasteiger charge is 2.18. The lowest BCUT2D eigenvalue weighted by Crippen LogP contribution is -2.08. The first-order chi connectivity index (χ1) is 13.8. The summed E-state index contributed by atoms with van der Waals surface area (Å²) in [6.45, 7) is 0. The van der Waals surface area contributed by atoms with Gasteiger partial charge in [0.25, 0.3) is 0 Å². The highest BCUT2D eigenvalue weighted by Crippen LogP contribution is 2.38. The van der Waals surface area contributed by atoms with Crippen LogP contribution >= 0.6 is 34.9 Å². The maximum atomic E-state index is 9.92. The summed E-state index contributed by atoms with van der Waals surface area (Å²) in [6, 6.07) is 18.8. The van der Waals surface area contributed by atoms with Crippen molar-refractivity contribution >= 4 is 34.9 Å². The highest BCUT2D eigenvalue weighted by atomic mass is 32.2. The average molecular weight is 423 g/mol. The van der Waals surface area contributed by atoms with E-state index in [0.29, 0.717) is 5.56 Å². The van der Waals surface area contributed by atoms with Crippen molar-refractivity contribution < 1.29 is 0 Å². The van der Waals surface area contributed by atoms with Gasteiger partial charge in [-0.2, -0.15) is 5.26 Å². The van der Waals surface area contributed by atoms with Crippen LogP contribution in [0.25, 0.3) is 21.7 Å². The molecular formula is C23H22N2S3. The van der Waals surface area contributed by atoms with Crippen molar-refractivity contribution in [3.63, 3.8) is 0 Å². The second kappa shape index (κ2) is 9.65. The molecule has 1 aromatic carbocycles. The molecule has 1 aliphatic carbocycles. The van der Waals surface area contributed by atoms with Crippen LogP contribution in [0.5, 0.6) is 0 Å². The Bertz CT molecular complexity index is 940. The molecule has 4 rings (SSSR count). The lowest BCUT2D eigenvalue weighted by Gasteiger charge is -2.20. The number of nitrogens with zero attached hydrogens (tertiary/aromatic N) is 2. The molecule has 2 nitrogen and oxygen atoms in total. The Kier molecular flexibility index (Phi) is 6.74. The largest absolute Gasteiger partial charge is 0.239 e. The summed E-state index contributed by atoms with van der Waals surface area (Å²) in [5.41, 5.74) is 3.70. The van der Waals surface area contributed by atoms with Crippen molar-refractivity contribution in [2.45, 2.75) is 42.4 Å². The average Bonchev–Trinajstić information content (AvgIpc) is 3.29. The van der Waals surface area contributed by atoms with Crippen LogP contribution in [0.4, 0.5) is 0 Å². The van der Waals surface area contributed by atoms with Gasteiger partial charge >= 0.3 is 0 Å². The van der Waals surface area contributed by atoms with Crippen molar-refractivity contribution in [3.8, 4) is 27.8 Å². The van der Waals surface area contributed by atoms with Crippen LogP contribution in [0.3, 0.4) is 0 Å². The third kappa shape index (κ3) is 4.63. The highest BCUT2D eigenvalue weighted by molar-refractivity contribution is 8.16. The smallest absolute Gasteiger partial charge is 0.116 e. The first-order valence-corrected chi connectivity index (χ1v) is 12.6. The maximum Gasteiger partial charge on any atom is 0.116 e. The van der Waals surface area contributed by atoms with E-state index in [9.17, 15) is 5.26 Å². The molecule has 28 heavy (non-hydrogen) atoms. The van der Waals surface area contributed by atoms with E-state index >= 15 is 0 Å². The summed E-state index contributed by atoms with van der Waals surface area (Å²) in [5, 5.41) is 14.6. The zero-order valence-electron chi connectivity index (χ0n) is 15.6. The molecule has 0 bridgehead atoms. The molecule has 0 saturated heterocycles. The number of hydrogen-bond acceptors (Lipinski definition) is 5. The molecule has 0 unspecified atom stereocenters. The minimum absolute atomic E-state index is 0.695. The van der Waals surface area contributed by atoms with Gasteiger partial charge in [0.05, 0.1) is 16.1 Å². The molecule has 0 aliphatic heterocycles. The number of aromatic nitrogens is 1. The first kappa shape index (κ1) is 19.6. The van der Waals surface area contributed by atoms with Crippen molar-refractivity contribution in [1.82, 2.24) is 4.98 Å². The SMILES string of the molecule is N#Cc1c(-c2ccccc2)cc(-c2cccs2)nc1SCSC1CCCCC1. The quantitative estimate of drug-likeness (QED) is 0.305. The van der Waals surface area contributed by atoms with Gasteiger partial charge in [0, 0.05) is 15.9 Å². The number of nitriles is 1. The Morgan fingerprint density at radius 3 is 2.61 bits per heavy atom. The van der Waals surface area contributed by atoms with Crippen molar-refractivity contribution in [2.24, 2.45) is 0 Å². The Morgan fingerprint density at radius 1 is 1.07 bits per heavy atom. The Morgan fingerprint density at radius 2 is 1.89 bits per heavy atom. The number of benzene rings is 1. The van der Waals surface area contributed by atoms with Crippen molar-refractivity contribution in [1.29, 1.82) is 5.26 Å². The summed E-state index contributed by atoms with van der Waals surface area (Å²) in [6.07, 6.45) is 6.75. The van der Waals surface area contributed by atoms with E-state index in [1.807, 2.05) is 36.0 Å². The van der Waals surface area contributed by atoms with Gasteiger partial charge in [0.15, 0.2) is 0 Å². The number of thiophene rings is 1. The molecule has 142 valence electrons. The van der Waals surface area contributed by atoms with Crippen molar-refractivity contribution in [2.75, 3.05) is 5.08 Å². The molecule has 0 amide bonds. The van der Waals surface area contributed by atoms with Gasteiger partial charge in [-0.1, -0.05) is 67.4 Å². The van der Waals surface area contributed by atoms with Gasteiger partial charge in [-0.25, -0.2) is 4.98 Å². The molecule has 2 aromatic heterocycles. The summed E-state index contributed by atoms with van der Waals surface area (Å²) in [4.78, 5) is 6.03. The molecule has 1 aliphatic rings. The van der Waals surface area contributed by atoms with E-state index in [-0.39, 0.29) is 0 Å². The Hall–Kier alpha value is -1.74. The summed E-state index contributed by atoms with van der Waals surface area (Å²) in [5.74, 6) is 0. The van der Waals surface area contributed by atoms with Crippen LogP contribution < -0.4 is 0 Å². The monoisotopic (exact) mass is 422 g/mol. The van der Waals surface area contributed by atoms with Crippen molar-refractivity contribution in [3.05, 3.63) is 59.5 Å². The summed E-state index contributed by atoms with van der Waals surface area (Å²) < 4.78 is 0. The van der Waals surface area contributed by atoms with Gasteiger partial charge in [0.1, 0.15) is 11.1 Å². The summed E-state index contributed by atoms with van der Waals surface area (Å²) in [7, 11) is 0. The fourth-order valence-electron chi connectivity index (χ4n) is 3.55. The number of hydrogen-bond donors (Lipinski definition) is 0. The lowest BCUT2D eigenvalue weighted by atomic mass is 10.0. The molecule has 2 heterocycles. The normalized spacial score (nSPS) is 14.7. The molecule has 0 spiro atoms. The van der Waals surface area contributed by atoms with E-state index in [0.717, 1.165) is 37.1 Å². The lowest BCUT2D eigenvalue weighted by molar-refractivity contribution is 0.516. The topological polar surface area (TPSA) is 36.7 Å². The van der Waals surface area contributed by atoms with Gasteiger partial charge < -0.3 is 0 Å². The zero-order valence-corrected chi connectivity index (χ0v) is 18.1. The first-order valence-electron chi connectivity index (χ1n) is 9.64. The third-order valence-electron chi connectivity index (χ3n) is 5.01. The fraction of sp³-hybridized carbons (Fsp3) is 0.304. The minimum Gasteiger partial charge on any atom is -0.239 e. The van der Waals surface area contributed by atoms with E-state index in [1.165, 1.54) is 32.1 Å². The standard InChI is InChI=1S/C23H22N2S3/c24-15-20-19(17-8-3-1-4-9-17)14-21(22-12-7-13-26-22)25-23(20)28-16-27-18-10-5-2-6-11-18/h1,3-4,7-9,12-14,18H,2,5-6,10-11,16H2. The van der Waals surface area contributed by atoms with Gasteiger partial charge in [0.2, 0.25) is 0 Å². The van der Waals surface area contributed by atoms with E-state index in [2.05, 4.69) is 35.7 Å². The predicted octanol–water partition coefficient (Wildman–Crippen LogP) is 7.46. The van der Waals surface area contributed by atoms with E-state index in [1.54, 1.807) is 23.1 Å². The number of pyridine rings is 1. The van der Waals surface area contributed by atoms with Crippen LogP contribution in [0, 0.1) is 11.3 Å². The molecule has 0 atom stereocenters. The second-order valence-corrected chi connectivity index (χ2v) is 10.4. The number of thioether (sulfide) groups is 2. The Labute approximate surface area is 179 Å². The Balaban J connectivity index is 1.65. The molecular weight excluding hydrogens is 400 g/mol. The van der Waals surface area contributed by atoms with Gasteiger partial charge in [-0.3, -0.25) is 0 Å². The fourth-order valence-corrected chi connectivity index (χ4v) is 6.85. The third-order valence-corrected chi connectivity index (χ3v) is 8.43. The summed E-state index contributed by atoms with van der Waals surface area (Å²) >= 11 is 5.44. The maximum absolute atomic E-state index is 9.92. The van der Waals surface area contributed by atoms with Crippen LogP contribution in [0.1, 0.15) is 37.7 Å². The molecule has 1 fully saturated rings. The molecule has 1 saturated carbocycles. The van der Waals surface area contributed by atoms with E-state index < -0.39 is 0 Å². The predicted molar refractivity (Wildman–Crippen MR) is 123 cm³/mol. The second-order valence-electron chi connectivity index (χ2n) is 6.88. The minimum atomic E-state index is 0.695. The molecule has 5 heteroatoms.